The van der Waals surface area contributed by atoms with Crippen molar-refractivity contribution >= 4 is 23.5 Å². The van der Waals surface area contributed by atoms with Crippen molar-refractivity contribution in [3.63, 3.8) is 0 Å². The number of amides is 2. The average molecular weight is 454 g/mol. The Morgan fingerprint density at radius 1 is 1.12 bits per heavy atom. The summed E-state index contributed by atoms with van der Waals surface area (Å²) in [6.07, 6.45) is 2.40. The molecule has 2 aliphatic rings. The van der Waals surface area contributed by atoms with Crippen LogP contribution in [0.2, 0.25) is 0 Å². The van der Waals surface area contributed by atoms with E-state index in [4.69, 9.17) is 4.74 Å². The summed E-state index contributed by atoms with van der Waals surface area (Å²) in [5.74, 6) is 0.252. The molecule has 176 valence electrons. The first-order chi connectivity index (χ1) is 15.9. The summed E-state index contributed by atoms with van der Waals surface area (Å²) in [5, 5.41) is 2.89. The molecule has 33 heavy (non-hydrogen) atoms. The first-order valence-corrected chi connectivity index (χ1v) is 11.6. The Bertz CT molecular complexity index is 1080. The minimum atomic E-state index is -0.243. The summed E-state index contributed by atoms with van der Waals surface area (Å²) in [5.41, 5.74) is 2.78. The summed E-state index contributed by atoms with van der Waals surface area (Å²) in [4.78, 5) is 49.6. The molecule has 0 spiro atoms. The van der Waals surface area contributed by atoms with Gasteiger partial charge in [-0.1, -0.05) is 12.1 Å². The maximum Gasteiger partial charge on any atom is 0.256 e. The SMILES string of the molecule is Cc1cccc(NC(=O)CCc2c(C)nc(N3CCOCC3)[nH]c2=O)c1C(=O)N1CCCC1. The molecule has 9 heteroatoms. The number of hydrogen-bond donors (Lipinski definition) is 2. The second kappa shape index (κ2) is 10.2. The molecular weight excluding hydrogens is 422 g/mol. The number of ether oxygens (including phenoxy) is 1. The van der Waals surface area contributed by atoms with E-state index in [2.05, 4.69) is 15.3 Å². The third-order valence-corrected chi connectivity index (χ3v) is 6.28. The van der Waals surface area contributed by atoms with Crippen molar-refractivity contribution in [1.29, 1.82) is 0 Å². The highest BCUT2D eigenvalue weighted by molar-refractivity contribution is 6.05. The smallest absolute Gasteiger partial charge is 0.256 e. The normalized spacial score (nSPS) is 16.2. The molecule has 0 atom stereocenters. The quantitative estimate of drug-likeness (QED) is 0.693. The van der Waals surface area contributed by atoms with E-state index >= 15 is 0 Å². The molecule has 0 unspecified atom stereocenters. The number of anilines is 2. The number of morpholine rings is 1. The average Bonchev–Trinajstić information content (AvgIpc) is 3.34. The van der Waals surface area contributed by atoms with E-state index in [1.54, 1.807) is 13.0 Å². The molecular formula is C24H31N5O4. The van der Waals surface area contributed by atoms with E-state index < -0.39 is 0 Å². The first kappa shape index (κ1) is 23.0. The Morgan fingerprint density at radius 2 is 1.85 bits per heavy atom. The zero-order valence-corrected chi connectivity index (χ0v) is 19.3. The number of rotatable bonds is 6. The van der Waals surface area contributed by atoms with Gasteiger partial charge in [-0.05, 0) is 44.7 Å². The monoisotopic (exact) mass is 453 g/mol. The van der Waals surface area contributed by atoms with Crippen LogP contribution < -0.4 is 15.8 Å². The molecule has 1 aromatic carbocycles. The Labute approximate surface area is 193 Å². The number of hydrogen-bond acceptors (Lipinski definition) is 6. The lowest BCUT2D eigenvalue weighted by molar-refractivity contribution is -0.116. The number of aryl methyl sites for hydroxylation is 2. The highest BCUT2D eigenvalue weighted by Gasteiger charge is 2.24. The van der Waals surface area contributed by atoms with Gasteiger partial charge in [0, 0.05) is 43.9 Å². The number of likely N-dealkylation sites (tertiary alicyclic amines) is 1. The van der Waals surface area contributed by atoms with Crippen molar-refractivity contribution in [2.24, 2.45) is 0 Å². The largest absolute Gasteiger partial charge is 0.378 e. The van der Waals surface area contributed by atoms with Crippen molar-refractivity contribution < 1.29 is 14.3 Å². The Morgan fingerprint density at radius 3 is 2.55 bits per heavy atom. The molecule has 2 saturated heterocycles. The van der Waals surface area contributed by atoms with E-state index in [9.17, 15) is 14.4 Å². The highest BCUT2D eigenvalue weighted by atomic mass is 16.5. The predicted octanol–water partition coefficient (Wildman–Crippen LogP) is 2.03. The predicted molar refractivity (Wildman–Crippen MR) is 126 cm³/mol. The van der Waals surface area contributed by atoms with Crippen molar-refractivity contribution in [3.8, 4) is 0 Å². The molecule has 2 aliphatic heterocycles. The number of benzene rings is 1. The number of carbonyl (C=O) groups excluding carboxylic acids is 2. The van der Waals surface area contributed by atoms with Crippen LogP contribution in [0.4, 0.5) is 11.6 Å². The molecule has 0 aliphatic carbocycles. The van der Waals surface area contributed by atoms with Crippen molar-refractivity contribution in [2.45, 2.75) is 39.5 Å². The summed E-state index contributed by atoms with van der Waals surface area (Å²) >= 11 is 0. The van der Waals surface area contributed by atoms with Gasteiger partial charge in [-0.25, -0.2) is 4.98 Å². The van der Waals surface area contributed by atoms with Gasteiger partial charge in [0.25, 0.3) is 11.5 Å². The van der Waals surface area contributed by atoms with Crippen LogP contribution in [0, 0.1) is 13.8 Å². The minimum absolute atomic E-state index is 0.0453. The third kappa shape index (κ3) is 5.24. The summed E-state index contributed by atoms with van der Waals surface area (Å²) in [6.45, 7) is 7.73. The standard InChI is InChI=1S/C24H31N5O4/c1-16-6-5-7-19(21(16)23(32)28-10-3-4-11-28)26-20(30)9-8-18-17(2)25-24(27-22(18)31)29-12-14-33-15-13-29/h5-7H,3-4,8-15H2,1-2H3,(H,26,30)(H,25,27,31). The summed E-state index contributed by atoms with van der Waals surface area (Å²) < 4.78 is 5.35. The van der Waals surface area contributed by atoms with Gasteiger partial charge < -0.3 is 19.9 Å². The van der Waals surface area contributed by atoms with Gasteiger partial charge in [-0.3, -0.25) is 19.4 Å². The Hall–Kier alpha value is -3.20. The second-order valence-corrected chi connectivity index (χ2v) is 8.60. The van der Waals surface area contributed by atoms with Gasteiger partial charge in [0.1, 0.15) is 0 Å². The Balaban J connectivity index is 1.43. The highest BCUT2D eigenvalue weighted by Crippen LogP contribution is 2.24. The van der Waals surface area contributed by atoms with Crippen LogP contribution in [0.3, 0.4) is 0 Å². The number of aromatic amines is 1. The number of H-pyrrole nitrogens is 1. The lowest BCUT2D eigenvalue weighted by Crippen LogP contribution is -2.38. The van der Waals surface area contributed by atoms with E-state index in [-0.39, 0.29) is 30.2 Å². The maximum atomic E-state index is 13.0. The topological polar surface area (TPSA) is 108 Å². The minimum Gasteiger partial charge on any atom is -0.378 e. The molecule has 3 heterocycles. The van der Waals surface area contributed by atoms with E-state index in [0.717, 1.165) is 31.5 Å². The molecule has 0 bridgehead atoms. The van der Waals surface area contributed by atoms with E-state index in [1.165, 1.54) is 0 Å². The fraction of sp³-hybridized carbons (Fsp3) is 0.500. The van der Waals surface area contributed by atoms with E-state index in [0.29, 0.717) is 54.8 Å². The molecule has 2 aromatic rings. The molecule has 2 amide bonds. The number of aromatic nitrogens is 2. The summed E-state index contributed by atoms with van der Waals surface area (Å²) in [6, 6.07) is 5.46. The van der Waals surface area contributed by atoms with Crippen LogP contribution in [-0.2, 0) is 16.0 Å². The number of carbonyl (C=O) groups is 2. The zero-order valence-electron chi connectivity index (χ0n) is 19.3. The molecule has 0 radical (unpaired) electrons. The van der Waals surface area contributed by atoms with Crippen LogP contribution in [-0.4, -0.2) is 66.1 Å². The molecule has 4 rings (SSSR count). The molecule has 2 fully saturated rings. The number of nitrogens with one attached hydrogen (secondary N) is 2. The second-order valence-electron chi connectivity index (χ2n) is 8.60. The maximum absolute atomic E-state index is 13.0. The lowest BCUT2D eigenvalue weighted by atomic mass is 10.0. The first-order valence-electron chi connectivity index (χ1n) is 11.6. The van der Waals surface area contributed by atoms with Gasteiger partial charge in [0.2, 0.25) is 11.9 Å². The van der Waals surface area contributed by atoms with Crippen LogP contribution in [0.1, 0.15) is 46.4 Å². The van der Waals surface area contributed by atoms with Gasteiger partial charge >= 0.3 is 0 Å². The fourth-order valence-corrected chi connectivity index (χ4v) is 4.40. The third-order valence-electron chi connectivity index (χ3n) is 6.28. The zero-order chi connectivity index (χ0) is 23.4. The molecule has 1 aromatic heterocycles. The van der Waals surface area contributed by atoms with Gasteiger partial charge in [0.05, 0.1) is 24.5 Å². The lowest BCUT2D eigenvalue weighted by Gasteiger charge is -2.27. The van der Waals surface area contributed by atoms with Crippen molar-refractivity contribution in [1.82, 2.24) is 14.9 Å². The molecule has 9 nitrogen and oxygen atoms in total. The van der Waals surface area contributed by atoms with Crippen LogP contribution >= 0.6 is 0 Å². The van der Waals surface area contributed by atoms with Gasteiger partial charge in [-0.2, -0.15) is 0 Å². The van der Waals surface area contributed by atoms with Crippen molar-refractivity contribution in [3.05, 3.63) is 50.9 Å². The fourth-order valence-electron chi connectivity index (χ4n) is 4.40. The Kier molecular flexibility index (Phi) is 7.08. The van der Waals surface area contributed by atoms with Crippen LogP contribution in [0.25, 0.3) is 0 Å². The van der Waals surface area contributed by atoms with Crippen molar-refractivity contribution in [2.75, 3.05) is 49.6 Å². The number of nitrogens with zero attached hydrogens (tertiary/aromatic N) is 3. The van der Waals surface area contributed by atoms with Gasteiger partial charge in [0.15, 0.2) is 0 Å². The van der Waals surface area contributed by atoms with Crippen LogP contribution in [0.15, 0.2) is 23.0 Å². The van der Waals surface area contributed by atoms with Gasteiger partial charge in [-0.15, -0.1) is 0 Å². The van der Waals surface area contributed by atoms with Crippen LogP contribution in [0.5, 0.6) is 0 Å². The summed E-state index contributed by atoms with van der Waals surface area (Å²) in [7, 11) is 0. The molecule has 0 saturated carbocycles. The molecule has 2 N–H and O–H groups in total. The van der Waals surface area contributed by atoms with E-state index in [1.807, 2.05) is 28.9 Å².